The molecule has 106 valence electrons. The molecule has 4 heteroatoms. The van der Waals surface area contributed by atoms with Crippen LogP contribution in [0, 0.1) is 0 Å². The van der Waals surface area contributed by atoms with E-state index in [0.717, 1.165) is 31.7 Å². The molecule has 1 aromatic rings. The first kappa shape index (κ1) is 14.3. The monoisotopic (exact) mass is 265 g/mol. The maximum Gasteiger partial charge on any atom is 0.122 e. The lowest BCUT2D eigenvalue weighted by Crippen LogP contribution is -2.47. The number of aliphatic hydroxyl groups is 2. The highest BCUT2D eigenvalue weighted by Crippen LogP contribution is 2.21. The van der Waals surface area contributed by atoms with Gasteiger partial charge in [0.05, 0.1) is 19.8 Å². The van der Waals surface area contributed by atoms with E-state index in [1.807, 2.05) is 18.2 Å². The fourth-order valence-corrected chi connectivity index (χ4v) is 2.74. The zero-order valence-corrected chi connectivity index (χ0v) is 11.5. The minimum Gasteiger partial charge on any atom is -0.496 e. The summed E-state index contributed by atoms with van der Waals surface area (Å²) in [5.41, 5.74) is 1.19. The van der Waals surface area contributed by atoms with E-state index >= 15 is 0 Å². The first-order valence-electron chi connectivity index (χ1n) is 6.89. The van der Waals surface area contributed by atoms with Gasteiger partial charge in [-0.05, 0) is 30.9 Å². The molecule has 2 rings (SSSR count). The molecule has 1 aromatic carbocycles. The summed E-state index contributed by atoms with van der Waals surface area (Å²) in [6.45, 7) is 1.85. The highest BCUT2D eigenvalue weighted by Gasteiger charge is 2.26. The number of piperidine rings is 1. The van der Waals surface area contributed by atoms with E-state index in [4.69, 9.17) is 4.74 Å². The van der Waals surface area contributed by atoms with E-state index in [-0.39, 0.29) is 18.8 Å². The molecule has 1 saturated heterocycles. The Morgan fingerprint density at radius 3 is 2.89 bits per heavy atom. The van der Waals surface area contributed by atoms with Crippen molar-refractivity contribution < 1.29 is 14.9 Å². The second kappa shape index (κ2) is 6.89. The van der Waals surface area contributed by atoms with E-state index in [1.54, 1.807) is 7.11 Å². The lowest BCUT2D eigenvalue weighted by molar-refractivity contribution is 0.0177. The SMILES string of the molecule is COc1ccccc1CCN1CCC(O)CC1CO. The summed E-state index contributed by atoms with van der Waals surface area (Å²) < 4.78 is 5.35. The summed E-state index contributed by atoms with van der Waals surface area (Å²) in [6.07, 6.45) is 2.10. The van der Waals surface area contributed by atoms with Crippen molar-refractivity contribution in [3.8, 4) is 5.75 Å². The van der Waals surface area contributed by atoms with Gasteiger partial charge in [0.25, 0.3) is 0 Å². The molecule has 0 saturated carbocycles. The lowest BCUT2D eigenvalue weighted by Gasteiger charge is -2.36. The second-order valence-corrected chi connectivity index (χ2v) is 5.11. The number of benzene rings is 1. The van der Waals surface area contributed by atoms with Crippen LogP contribution in [0.5, 0.6) is 5.75 Å². The molecule has 0 amide bonds. The van der Waals surface area contributed by atoms with E-state index in [9.17, 15) is 10.2 Å². The van der Waals surface area contributed by atoms with Crippen molar-refractivity contribution in [3.05, 3.63) is 29.8 Å². The quantitative estimate of drug-likeness (QED) is 0.836. The summed E-state index contributed by atoms with van der Waals surface area (Å²) in [6, 6.07) is 8.11. The van der Waals surface area contributed by atoms with Gasteiger partial charge in [-0.1, -0.05) is 18.2 Å². The molecule has 2 unspecified atom stereocenters. The molecule has 19 heavy (non-hydrogen) atoms. The van der Waals surface area contributed by atoms with Crippen molar-refractivity contribution >= 4 is 0 Å². The smallest absolute Gasteiger partial charge is 0.122 e. The summed E-state index contributed by atoms with van der Waals surface area (Å²) in [5, 5.41) is 19.0. The number of aliphatic hydroxyl groups excluding tert-OH is 2. The molecule has 4 nitrogen and oxygen atoms in total. The number of hydrogen-bond donors (Lipinski definition) is 2. The third-order valence-electron chi connectivity index (χ3n) is 3.88. The highest BCUT2D eigenvalue weighted by atomic mass is 16.5. The van der Waals surface area contributed by atoms with Crippen LogP contribution in [0.15, 0.2) is 24.3 Å². The zero-order valence-electron chi connectivity index (χ0n) is 11.5. The predicted molar refractivity (Wildman–Crippen MR) is 74.4 cm³/mol. The fourth-order valence-electron chi connectivity index (χ4n) is 2.74. The zero-order chi connectivity index (χ0) is 13.7. The number of nitrogens with zero attached hydrogens (tertiary/aromatic N) is 1. The molecule has 0 bridgehead atoms. The van der Waals surface area contributed by atoms with Gasteiger partial charge in [-0.3, -0.25) is 4.90 Å². The molecular formula is C15H23NO3. The van der Waals surface area contributed by atoms with Crippen molar-refractivity contribution in [1.82, 2.24) is 4.90 Å². The van der Waals surface area contributed by atoms with Gasteiger partial charge in [0.15, 0.2) is 0 Å². The van der Waals surface area contributed by atoms with Gasteiger partial charge >= 0.3 is 0 Å². The molecule has 0 radical (unpaired) electrons. The normalized spacial score (nSPS) is 24.4. The summed E-state index contributed by atoms with van der Waals surface area (Å²) in [4.78, 5) is 2.26. The Balaban J connectivity index is 1.94. The topological polar surface area (TPSA) is 52.9 Å². The fraction of sp³-hybridized carbons (Fsp3) is 0.600. The standard InChI is InChI=1S/C15H23NO3/c1-19-15-5-3-2-4-12(15)6-8-16-9-7-14(18)10-13(16)11-17/h2-5,13-14,17-18H,6-11H2,1H3. The van der Waals surface area contributed by atoms with Crippen molar-refractivity contribution in [2.24, 2.45) is 0 Å². The number of likely N-dealkylation sites (tertiary alicyclic amines) is 1. The van der Waals surface area contributed by atoms with Crippen LogP contribution in [0.2, 0.25) is 0 Å². The van der Waals surface area contributed by atoms with E-state index in [2.05, 4.69) is 11.0 Å². The van der Waals surface area contributed by atoms with Gasteiger partial charge in [0.1, 0.15) is 5.75 Å². The Morgan fingerprint density at radius 1 is 1.37 bits per heavy atom. The Kier molecular flexibility index (Phi) is 5.19. The van der Waals surface area contributed by atoms with Crippen LogP contribution in [0.4, 0.5) is 0 Å². The van der Waals surface area contributed by atoms with Crippen LogP contribution in [0.3, 0.4) is 0 Å². The molecule has 0 aromatic heterocycles. The van der Waals surface area contributed by atoms with Crippen molar-refractivity contribution in [2.45, 2.75) is 31.4 Å². The summed E-state index contributed by atoms with van der Waals surface area (Å²) >= 11 is 0. The van der Waals surface area contributed by atoms with Crippen LogP contribution >= 0.6 is 0 Å². The maximum absolute atomic E-state index is 9.64. The molecule has 0 spiro atoms. The van der Waals surface area contributed by atoms with Gasteiger partial charge < -0.3 is 14.9 Å². The van der Waals surface area contributed by atoms with Crippen LogP contribution < -0.4 is 4.74 Å². The van der Waals surface area contributed by atoms with E-state index in [1.165, 1.54) is 5.56 Å². The third kappa shape index (κ3) is 3.69. The van der Waals surface area contributed by atoms with Gasteiger partial charge in [-0.25, -0.2) is 0 Å². The molecule has 2 N–H and O–H groups in total. The van der Waals surface area contributed by atoms with Crippen LogP contribution in [0.1, 0.15) is 18.4 Å². The molecule has 1 fully saturated rings. The molecule has 0 aliphatic carbocycles. The first-order chi connectivity index (χ1) is 9.24. The summed E-state index contributed by atoms with van der Waals surface area (Å²) in [5.74, 6) is 0.917. The minimum atomic E-state index is -0.264. The van der Waals surface area contributed by atoms with Gasteiger partial charge in [-0.2, -0.15) is 0 Å². The average Bonchev–Trinajstić information content (AvgIpc) is 2.46. The first-order valence-corrected chi connectivity index (χ1v) is 6.89. The van der Waals surface area contributed by atoms with Gasteiger partial charge in [0, 0.05) is 19.1 Å². The number of rotatable bonds is 5. The molecule has 1 heterocycles. The molecule has 2 atom stereocenters. The van der Waals surface area contributed by atoms with Crippen molar-refractivity contribution in [1.29, 1.82) is 0 Å². The highest BCUT2D eigenvalue weighted by molar-refractivity contribution is 5.33. The van der Waals surface area contributed by atoms with Gasteiger partial charge in [-0.15, -0.1) is 0 Å². The number of hydrogen-bond acceptors (Lipinski definition) is 4. The van der Waals surface area contributed by atoms with Crippen LogP contribution in [-0.2, 0) is 6.42 Å². The van der Waals surface area contributed by atoms with E-state index < -0.39 is 0 Å². The Hall–Kier alpha value is -1.10. The Bertz CT molecular complexity index is 397. The van der Waals surface area contributed by atoms with Crippen LogP contribution in [-0.4, -0.2) is 54.1 Å². The molecule has 1 aliphatic rings. The molecule has 1 aliphatic heterocycles. The Labute approximate surface area is 114 Å². The number of methoxy groups -OCH3 is 1. The van der Waals surface area contributed by atoms with Crippen molar-refractivity contribution in [2.75, 3.05) is 26.8 Å². The predicted octanol–water partition coefficient (Wildman–Crippen LogP) is 1.06. The number of ether oxygens (including phenoxy) is 1. The second-order valence-electron chi connectivity index (χ2n) is 5.11. The molecular weight excluding hydrogens is 242 g/mol. The average molecular weight is 265 g/mol. The van der Waals surface area contributed by atoms with Crippen LogP contribution in [0.25, 0.3) is 0 Å². The minimum absolute atomic E-state index is 0.0819. The largest absolute Gasteiger partial charge is 0.496 e. The lowest BCUT2D eigenvalue weighted by atomic mass is 9.99. The summed E-state index contributed by atoms with van der Waals surface area (Å²) in [7, 11) is 1.69. The van der Waals surface area contributed by atoms with E-state index in [0.29, 0.717) is 6.42 Å². The van der Waals surface area contributed by atoms with Gasteiger partial charge in [0.2, 0.25) is 0 Å². The van der Waals surface area contributed by atoms with Crippen molar-refractivity contribution in [3.63, 3.8) is 0 Å². The number of para-hydroxylation sites is 1. The Morgan fingerprint density at radius 2 is 2.16 bits per heavy atom. The maximum atomic E-state index is 9.64. The third-order valence-corrected chi connectivity index (χ3v) is 3.88.